The first-order valence-electron chi connectivity index (χ1n) is 6.96. The summed E-state index contributed by atoms with van der Waals surface area (Å²) in [4.78, 5) is 24.2. The lowest BCUT2D eigenvalue weighted by atomic mass is 10.1. The predicted molar refractivity (Wildman–Crippen MR) is 88.8 cm³/mol. The van der Waals surface area contributed by atoms with Gasteiger partial charge in [0, 0.05) is 17.2 Å². The second kappa shape index (κ2) is 5.81. The lowest BCUT2D eigenvalue weighted by Gasteiger charge is -2.08. The number of hydrogen-bond donors (Lipinski definition) is 1. The van der Waals surface area contributed by atoms with Gasteiger partial charge in [0.2, 0.25) is 0 Å². The maximum atomic E-state index is 11.1. The van der Waals surface area contributed by atoms with E-state index in [-0.39, 0.29) is 5.78 Å². The molecule has 0 saturated carbocycles. The van der Waals surface area contributed by atoms with E-state index in [4.69, 9.17) is 0 Å². The fourth-order valence-corrected chi connectivity index (χ4v) is 2.93. The Morgan fingerprint density at radius 2 is 2.00 bits per heavy atom. The van der Waals surface area contributed by atoms with Crippen molar-refractivity contribution in [2.45, 2.75) is 27.2 Å². The molecule has 0 aliphatic heterocycles. The number of thiazole rings is 1. The average molecular weight is 312 g/mol. The van der Waals surface area contributed by atoms with Gasteiger partial charge in [-0.2, -0.15) is 0 Å². The molecule has 2 aromatic heterocycles. The van der Waals surface area contributed by atoms with Crippen LogP contribution >= 0.6 is 11.3 Å². The number of aromatic nitrogens is 3. The van der Waals surface area contributed by atoms with E-state index in [0.717, 1.165) is 27.5 Å². The molecule has 22 heavy (non-hydrogen) atoms. The Balaban J connectivity index is 1.95. The van der Waals surface area contributed by atoms with Crippen LogP contribution in [0.5, 0.6) is 0 Å². The van der Waals surface area contributed by atoms with Gasteiger partial charge in [0.1, 0.15) is 17.9 Å². The second-order valence-electron chi connectivity index (χ2n) is 5.32. The van der Waals surface area contributed by atoms with Gasteiger partial charge >= 0.3 is 0 Å². The highest BCUT2D eigenvalue weighted by atomic mass is 32.1. The largest absolute Gasteiger partial charge is 0.316 e. The van der Waals surface area contributed by atoms with Gasteiger partial charge in [-0.1, -0.05) is 0 Å². The number of aryl methyl sites for hydroxylation is 2. The summed E-state index contributed by atoms with van der Waals surface area (Å²) in [6.45, 7) is 5.70. The maximum absolute atomic E-state index is 11.1. The molecule has 0 amide bonds. The van der Waals surface area contributed by atoms with Crippen LogP contribution < -0.4 is 5.32 Å². The molecule has 112 valence electrons. The Bertz CT molecular complexity index is 856. The van der Waals surface area contributed by atoms with Crippen LogP contribution in [-0.4, -0.2) is 20.7 Å². The molecule has 0 unspecified atom stereocenters. The van der Waals surface area contributed by atoms with Gasteiger partial charge in [0.15, 0.2) is 5.13 Å². The van der Waals surface area contributed by atoms with Crippen LogP contribution in [0.2, 0.25) is 0 Å². The summed E-state index contributed by atoms with van der Waals surface area (Å²) in [6.07, 6.45) is 1.91. The second-order valence-corrected chi connectivity index (χ2v) is 6.18. The van der Waals surface area contributed by atoms with Crippen LogP contribution in [0.15, 0.2) is 23.8 Å². The molecule has 3 rings (SSSR count). The molecule has 0 aliphatic carbocycles. The number of fused-ring (bicyclic) bond motifs is 1. The quantitative estimate of drug-likeness (QED) is 0.797. The van der Waals surface area contributed by atoms with Crippen molar-refractivity contribution in [1.82, 2.24) is 15.0 Å². The molecule has 0 bridgehead atoms. The Morgan fingerprint density at radius 3 is 2.77 bits per heavy atom. The number of carbonyl (C=O) groups excluding carboxylic acids is 1. The highest BCUT2D eigenvalue weighted by Gasteiger charge is 2.09. The number of hydrogen-bond acceptors (Lipinski definition) is 6. The van der Waals surface area contributed by atoms with Crippen molar-refractivity contribution >= 4 is 39.0 Å². The Labute approximate surface area is 132 Å². The average Bonchev–Trinajstić information content (AvgIpc) is 2.87. The smallest absolute Gasteiger partial charge is 0.188 e. The summed E-state index contributed by atoms with van der Waals surface area (Å²) in [6, 6.07) is 4.14. The van der Waals surface area contributed by atoms with E-state index in [1.54, 1.807) is 13.3 Å². The fraction of sp³-hybridized carbons (Fsp3) is 0.250. The minimum atomic E-state index is 0.107. The number of ketones is 1. The number of carbonyl (C=O) groups is 1. The summed E-state index contributed by atoms with van der Waals surface area (Å²) >= 11 is 1.47. The summed E-state index contributed by atoms with van der Waals surface area (Å²) < 4.78 is 0. The zero-order chi connectivity index (χ0) is 15.7. The van der Waals surface area contributed by atoms with E-state index in [9.17, 15) is 4.79 Å². The first-order valence-corrected chi connectivity index (χ1v) is 7.83. The third-order valence-corrected chi connectivity index (χ3v) is 4.26. The van der Waals surface area contributed by atoms with Crippen LogP contribution in [0.25, 0.3) is 10.9 Å². The number of Topliss-reactive ketones (excluding diaryl/α,β-unsaturated/α-hetero) is 1. The first kappa shape index (κ1) is 14.6. The standard InChI is InChI=1S/C16H16N4OS/c1-9-4-13-14(5-10(9)2)17-8-18-15(13)20-16-19-12(7-22-16)6-11(3)21/h4-5,7-8H,6H2,1-3H3,(H,17,18,19,20). The molecule has 0 radical (unpaired) electrons. The van der Waals surface area contributed by atoms with Crippen molar-refractivity contribution < 1.29 is 4.79 Å². The van der Waals surface area contributed by atoms with Crippen LogP contribution in [0.1, 0.15) is 23.7 Å². The third kappa shape index (κ3) is 2.96. The zero-order valence-electron chi connectivity index (χ0n) is 12.7. The predicted octanol–water partition coefficient (Wildman–Crippen LogP) is 3.58. The van der Waals surface area contributed by atoms with Crippen LogP contribution in [0.4, 0.5) is 10.9 Å². The number of nitrogens with one attached hydrogen (secondary N) is 1. The summed E-state index contributed by atoms with van der Waals surface area (Å²) in [5, 5.41) is 6.82. The lowest BCUT2D eigenvalue weighted by Crippen LogP contribution is -1.99. The van der Waals surface area contributed by atoms with Crippen LogP contribution in [0.3, 0.4) is 0 Å². The SMILES string of the molecule is CC(=O)Cc1csc(Nc2ncnc3cc(C)c(C)cc23)n1. The lowest BCUT2D eigenvalue weighted by molar-refractivity contribution is -0.116. The van der Waals surface area contributed by atoms with Crippen molar-refractivity contribution in [3.63, 3.8) is 0 Å². The van der Waals surface area contributed by atoms with Crippen molar-refractivity contribution in [1.29, 1.82) is 0 Å². The van der Waals surface area contributed by atoms with Gasteiger partial charge < -0.3 is 5.32 Å². The Kier molecular flexibility index (Phi) is 3.85. The molecule has 2 heterocycles. The molecule has 1 N–H and O–H groups in total. The maximum Gasteiger partial charge on any atom is 0.188 e. The summed E-state index contributed by atoms with van der Waals surface area (Å²) in [7, 11) is 0. The summed E-state index contributed by atoms with van der Waals surface area (Å²) in [5.74, 6) is 0.840. The van der Waals surface area contributed by atoms with Gasteiger partial charge in [-0.05, 0) is 44.0 Å². The van der Waals surface area contributed by atoms with Gasteiger partial charge in [0.05, 0.1) is 11.2 Å². The van der Waals surface area contributed by atoms with Crippen LogP contribution in [-0.2, 0) is 11.2 Å². The summed E-state index contributed by atoms with van der Waals surface area (Å²) in [5.41, 5.74) is 4.09. The molecular formula is C16H16N4OS. The van der Waals surface area contributed by atoms with Crippen LogP contribution in [0, 0.1) is 13.8 Å². The van der Waals surface area contributed by atoms with Crippen molar-refractivity contribution in [3.05, 3.63) is 40.7 Å². The van der Waals surface area contributed by atoms with E-state index in [1.165, 1.54) is 22.5 Å². The minimum Gasteiger partial charge on any atom is -0.316 e. The molecule has 0 aliphatic rings. The van der Waals surface area contributed by atoms with E-state index in [1.807, 2.05) is 5.38 Å². The molecule has 0 fully saturated rings. The molecule has 0 atom stereocenters. The van der Waals surface area contributed by atoms with Crippen molar-refractivity contribution in [2.75, 3.05) is 5.32 Å². The van der Waals surface area contributed by atoms with Gasteiger partial charge in [-0.3, -0.25) is 4.79 Å². The molecule has 1 aromatic carbocycles. The van der Waals surface area contributed by atoms with E-state index >= 15 is 0 Å². The molecular weight excluding hydrogens is 296 g/mol. The first-order chi connectivity index (χ1) is 10.5. The molecule has 6 heteroatoms. The minimum absolute atomic E-state index is 0.107. The van der Waals surface area contributed by atoms with E-state index < -0.39 is 0 Å². The van der Waals surface area contributed by atoms with Crippen molar-refractivity contribution in [2.24, 2.45) is 0 Å². The highest BCUT2D eigenvalue weighted by Crippen LogP contribution is 2.27. The number of nitrogens with zero attached hydrogens (tertiary/aromatic N) is 3. The number of benzene rings is 1. The third-order valence-electron chi connectivity index (χ3n) is 3.46. The molecule has 0 saturated heterocycles. The molecule has 3 aromatic rings. The Morgan fingerprint density at radius 1 is 1.23 bits per heavy atom. The highest BCUT2D eigenvalue weighted by molar-refractivity contribution is 7.13. The zero-order valence-corrected chi connectivity index (χ0v) is 13.5. The van der Waals surface area contributed by atoms with Crippen molar-refractivity contribution in [3.8, 4) is 0 Å². The normalized spacial score (nSPS) is 10.9. The topological polar surface area (TPSA) is 67.8 Å². The molecule has 0 spiro atoms. The van der Waals surface area contributed by atoms with Gasteiger partial charge in [-0.25, -0.2) is 15.0 Å². The molecule has 5 nitrogen and oxygen atoms in total. The Hall–Kier alpha value is -2.34. The number of rotatable bonds is 4. The van der Waals surface area contributed by atoms with Gasteiger partial charge in [-0.15, -0.1) is 11.3 Å². The van der Waals surface area contributed by atoms with E-state index in [0.29, 0.717) is 6.42 Å². The monoisotopic (exact) mass is 312 g/mol. The fourth-order valence-electron chi connectivity index (χ4n) is 2.22. The number of anilines is 2. The van der Waals surface area contributed by atoms with E-state index in [2.05, 4.69) is 46.2 Å². The van der Waals surface area contributed by atoms with Gasteiger partial charge in [0.25, 0.3) is 0 Å².